The Morgan fingerprint density at radius 1 is 1.19 bits per heavy atom. The first-order valence-corrected chi connectivity index (χ1v) is 10.8. The first kappa shape index (κ1) is 21.7. The number of benzene rings is 2. The average Bonchev–Trinajstić information content (AvgIpc) is 2.80. The molecule has 4 rings (SSSR count). The van der Waals surface area contributed by atoms with Crippen LogP contribution in [0.4, 0.5) is 11.4 Å². The standard InChI is InChI=1S/C24H24Cl2N2O3/c1-13(29)28-19-8-6-5-7-17(19)27-18-11-24(2,3)12-20(30)21(18)22(28)15-9-14(25)10-16(26)23(15)31-4/h5-10,22,27H,11-12H2,1-4H3. The van der Waals surface area contributed by atoms with E-state index in [-0.39, 0.29) is 17.1 Å². The summed E-state index contributed by atoms with van der Waals surface area (Å²) < 4.78 is 5.61. The normalized spacial score (nSPS) is 19.9. The van der Waals surface area contributed by atoms with E-state index in [0.717, 1.165) is 11.4 Å². The fraction of sp³-hybridized carbons (Fsp3) is 0.333. The molecular formula is C24H24Cl2N2O3. The lowest BCUT2D eigenvalue weighted by molar-refractivity contribution is -0.118. The molecule has 5 nitrogen and oxygen atoms in total. The van der Waals surface area contributed by atoms with Crippen molar-refractivity contribution < 1.29 is 14.3 Å². The number of methoxy groups -OCH3 is 1. The number of hydrogen-bond acceptors (Lipinski definition) is 4. The van der Waals surface area contributed by atoms with E-state index in [9.17, 15) is 9.59 Å². The summed E-state index contributed by atoms with van der Waals surface area (Å²) in [5, 5.41) is 4.18. The number of Topliss-reactive ketones (excluding diaryl/α,β-unsaturated/α-hetero) is 1. The highest BCUT2D eigenvalue weighted by atomic mass is 35.5. The number of nitrogens with one attached hydrogen (secondary N) is 1. The molecule has 1 amide bonds. The van der Waals surface area contributed by atoms with Crippen molar-refractivity contribution in [2.75, 3.05) is 17.3 Å². The Labute approximate surface area is 192 Å². The van der Waals surface area contributed by atoms with Gasteiger partial charge in [0.25, 0.3) is 0 Å². The summed E-state index contributed by atoms with van der Waals surface area (Å²) >= 11 is 12.8. The van der Waals surface area contributed by atoms with Crippen LogP contribution >= 0.6 is 23.2 Å². The van der Waals surface area contributed by atoms with Gasteiger partial charge in [-0.2, -0.15) is 0 Å². The number of halogens is 2. The van der Waals surface area contributed by atoms with E-state index in [2.05, 4.69) is 19.2 Å². The number of para-hydroxylation sites is 2. The maximum absolute atomic E-state index is 13.5. The van der Waals surface area contributed by atoms with Crippen LogP contribution in [0.3, 0.4) is 0 Å². The van der Waals surface area contributed by atoms with Crippen molar-refractivity contribution >= 4 is 46.3 Å². The second-order valence-corrected chi connectivity index (χ2v) is 9.62. The van der Waals surface area contributed by atoms with Crippen LogP contribution in [0.2, 0.25) is 10.0 Å². The summed E-state index contributed by atoms with van der Waals surface area (Å²) in [6, 6.07) is 10.1. The van der Waals surface area contributed by atoms with Crippen LogP contribution in [0.5, 0.6) is 5.75 Å². The Hall–Kier alpha value is -2.50. The highest BCUT2D eigenvalue weighted by Crippen LogP contribution is 2.51. The Bertz CT molecular complexity index is 1120. The number of fused-ring (bicyclic) bond motifs is 1. The van der Waals surface area contributed by atoms with Gasteiger partial charge < -0.3 is 10.1 Å². The zero-order valence-corrected chi connectivity index (χ0v) is 19.4. The Balaban J connectivity index is 2.08. The minimum absolute atomic E-state index is 0.0130. The predicted molar refractivity (Wildman–Crippen MR) is 124 cm³/mol. The molecule has 1 aliphatic carbocycles. The van der Waals surface area contributed by atoms with Crippen molar-refractivity contribution in [3.8, 4) is 5.75 Å². The highest BCUT2D eigenvalue weighted by Gasteiger charge is 2.43. The van der Waals surface area contributed by atoms with E-state index >= 15 is 0 Å². The molecule has 31 heavy (non-hydrogen) atoms. The van der Waals surface area contributed by atoms with E-state index in [0.29, 0.717) is 45.5 Å². The van der Waals surface area contributed by atoms with Crippen LogP contribution < -0.4 is 15.0 Å². The quantitative estimate of drug-likeness (QED) is 0.584. The number of rotatable bonds is 2. The first-order chi connectivity index (χ1) is 14.6. The summed E-state index contributed by atoms with van der Waals surface area (Å²) in [5.74, 6) is 0.177. The van der Waals surface area contributed by atoms with Crippen LogP contribution in [0.25, 0.3) is 0 Å². The van der Waals surface area contributed by atoms with Crippen molar-refractivity contribution in [1.29, 1.82) is 0 Å². The van der Waals surface area contributed by atoms with Crippen molar-refractivity contribution in [2.45, 2.75) is 39.7 Å². The van der Waals surface area contributed by atoms with E-state index in [1.165, 1.54) is 14.0 Å². The minimum Gasteiger partial charge on any atom is -0.495 e. The molecule has 0 saturated heterocycles. The van der Waals surface area contributed by atoms with Gasteiger partial charge in [-0.15, -0.1) is 0 Å². The molecule has 0 radical (unpaired) electrons. The third-order valence-electron chi connectivity index (χ3n) is 5.78. The van der Waals surface area contributed by atoms with Crippen molar-refractivity contribution in [2.24, 2.45) is 5.41 Å². The topological polar surface area (TPSA) is 58.6 Å². The molecule has 0 bridgehead atoms. The number of anilines is 2. The molecule has 1 atom stereocenters. The average molecular weight is 459 g/mol. The van der Waals surface area contributed by atoms with E-state index < -0.39 is 6.04 Å². The third-order valence-corrected chi connectivity index (χ3v) is 6.27. The largest absolute Gasteiger partial charge is 0.495 e. The predicted octanol–water partition coefficient (Wildman–Crippen LogP) is 6.16. The number of nitrogens with zero attached hydrogens (tertiary/aromatic N) is 1. The fourth-order valence-electron chi connectivity index (χ4n) is 4.63. The van der Waals surface area contributed by atoms with Gasteiger partial charge in [-0.1, -0.05) is 49.2 Å². The van der Waals surface area contributed by atoms with Gasteiger partial charge in [0.15, 0.2) is 5.78 Å². The SMILES string of the molecule is COc1c(Cl)cc(Cl)cc1C1C2=C(CC(C)(C)CC2=O)Nc2ccccc2N1C(C)=O. The van der Waals surface area contributed by atoms with Gasteiger partial charge in [0.1, 0.15) is 5.75 Å². The summed E-state index contributed by atoms with van der Waals surface area (Å²) in [6.07, 6.45) is 1.05. The lowest BCUT2D eigenvalue weighted by Crippen LogP contribution is -2.38. The second kappa shape index (κ2) is 7.88. The lowest BCUT2D eigenvalue weighted by atomic mass is 9.73. The number of ketones is 1. The Morgan fingerprint density at radius 3 is 2.58 bits per heavy atom. The number of amides is 1. The molecule has 0 fully saturated rings. The maximum atomic E-state index is 13.5. The van der Waals surface area contributed by atoms with Gasteiger partial charge in [0, 0.05) is 35.2 Å². The maximum Gasteiger partial charge on any atom is 0.224 e. The molecule has 1 N–H and O–H groups in total. The molecule has 1 heterocycles. The summed E-state index contributed by atoms with van der Waals surface area (Å²) in [4.78, 5) is 28.2. The van der Waals surface area contributed by atoms with Crippen LogP contribution in [0.1, 0.15) is 45.2 Å². The minimum atomic E-state index is -0.724. The smallest absolute Gasteiger partial charge is 0.224 e. The Kier molecular flexibility index (Phi) is 5.52. The molecule has 7 heteroatoms. The lowest BCUT2D eigenvalue weighted by Gasteiger charge is -2.37. The van der Waals surface area contributed by atoms with Crippen LogP contribution in [0.15, 0.2) is 47.7 Å². The van der Waals surface area contributed by atoms with Gasteiger partial charge in [0.05, 0.1) is 29.5 Å². The molecular weight excluding hydrogens is 435 g/mol. The number of allylic oxidation sites excluding steroid dienone is 1. The van der Waals surface area contributed by atoms with Gasteiger partial charge in [-0.3, -0.25) is 14.5 Å². The summed E-state index contributed by atoms with van der Waals surface area (Å²) in [6.45, 7) is 5.63. The van der Waals surface area contributed by atoms with Gasteiger partial charge in [0.2, 0.25) is 5.91 Å². The molecule has 1 aliphatic heterocycles. The molecule has 2 aliphatic rings. The van der Waals surface area contributed by atoms with E-state index in [4.69, 9.17) is 27.9 Å². The van der Waals surface area contributed by atoms with Gasteiger partial charge in [-0.25, -0.2) is 0 Å². The zero-order chi connectivity index (χ0) is 22.5. The molecule has 0 aromatic heterocycles. The van der Waals surface area contributed by atoms with Crippen LogP contribution in [-0.2, 0) is 9.59 Å². The second-order valence-electron chi connectivity index (χ2n) is 8.78. The van der Waals surface area contributed by atoms with Crippen LogP contribution in [0, 0.1) is 5.41 Å². The van der Waals surface area contributed by atoms with Crippen molar-refractivity contribution in [1.82, 2.24) is 0 Å². The summed E-state index contributed by atoms with van der Waals surface area (Å²) in [5.41, 5.74) is 3.17. The molecule has 162 valence electrons. The number of carbonyl (C=O) groups is 2. The number of hydrogen-bond donors (Lipinski definition) is 1. The van der Waals surface area contributed by atoms with Crippen molar-refractivity contribution in [3.63, 3.8) is 0 Å². The number of carbonyl (C=O) groups excluding carboxylic acids is 2. The monoisotopic (exact) mass is 458 g/mol. The van der Waals surface area contributed by atoms with E-state index in [1.807, 2.05) is 24.3 Å². The first-order valence-electron chi connectivity index (χ1n) is 10.1. The van der Waals surface area contributed by atoms with Crippen molar-refractivity contribution in [3.05, 3.63) is 63.3 Å². The molecule has 2 aromatic rings. The Morgan fingerprint density at radius 2 is 1.90 bits per heavy atom. The van der Waals surface area contributed by atoms with Gasteiger partial charge >= 0.3 is 0 Å². The van der Waals surface area contributed by atoms with E-state index in [1.54, 1.807) is 17.0 Å². The third kappa shape index (κ3) is 3.81. The molecule has 0 spiro atoms. The summed E-state index contributed by atoms with van der Waals surface area (Å²) in [7, 11) is 1.51. The molecule has 0 saturated carbocycles. The highest BCUT2D eigenvalue weighted by molar-refractivity contribution is 6.35. The van der Waals surface area contributed by atoms with Crippen LogP contribution in [-0.4, -0.2) is 18.8 Å². The zero-order valence-electron chi connectivity index (χ0n) is 17.9. The molecule has 2 aromatic carbocycles. The molecule has 1 unspecified atom stereocenters. The number of ether oxygens (including phenoxy) is 1. The fourth-order valence-corrected chi connectivity index (χ4v) is 5.21. The van der Waals surface area contributed by atoms with Gasteiger partial charge in [-0.05, 0) is 36.1 Å².